The van der Waals surface area contributed by atoms with Crippen molar-refractivity contribution in [3.8, 4) is 0 Å². The summed E-state index contributed by atoms with van der Waals surface area (Å²) in [5.74, 6) is -0.106. The monoisotopic (exact) mass is 207 g/mol. The molecule has 3 heteroatoms. The molecule has 0 atom stereocenters. The predicted molar refractivity (Wildman–Crippen MR) is 59.7 cm³/mol. The molecule has 0 radical (unpaired) electrons. The van der Waals surface area contributed by atoms with E-state index in [1.165, 1.54) is 12.2 Å². The van der Waals surface area contributed by atoms with E-state index in [1.807, 2.05) is 25.1 Å². The van der Waals surface area contributed by atoms with Gasteiger partial charge in [0.15, 0.2) is 0 Å². The molecular weight excluding hydrogens is 190 g/mol. The van der Waals surface area contributed by atoms with E-state index in [0.29, 0.717) is 5.56 Å². The van der Waals surface area contributed by atoms with Crippen molar-refractivity contribution in [3.05, 3.63) is 34.9 Å². The first kappa shape index (κ1) is 11.7. The molecule has 0 bridgehead atoms. The Morgan fingerprint density at radius 3 is 2.67 bits per heavy atom. The van der Waals surface area contributed by atoms with Gasteiger partial charge in [0.25, 0.3) is 5.91 Å². The van der Waals surface area contributed by atoms with Crippen LogP contribution in [0.3, 0.4) is 0 Å². The number of nitrogens with zero attached hydrogens (tertiary/aromatic N) is 1. The number of hydrogen-bond donors (Lipinski definition) is 0. The van der Waals surface area contributed by atoms with Crippen LogP contribution in [0.15, 0.2) is 18.2 Å². The van der Waals surface area contributed by atoms with E-state index in [0.717, 1.165) is 17.5 Å². The van der Waals surface area contributed by atoms with E-state index < -0.39 is 0 Å². The average molecular weight is 207 g/mol. The van der Waals surface area contributed by atoms with Crippen molar-refractivity contribution < 1.29 is 9.63 Å². The number of rotatable bonds is 3. The highest BCUT2D eigenvalue weighted by Crippen LogP contribution is 2.13. The highest BCUT2D eigenvalue weighted by Gasteiger charge is 2.13. The molecular formula is C12H17NO2. The van der Waals surface area contributed by atoms with Gasteiger partial charge in [0.1, 0.15) is 0 Å². The molecule has 0 aliphatic carbocycles. The molecule has 1 rings (SSSR count). The number of hydroxylamine groups is 2. The highest BCUT2D eigenvalue weighted by atomic mass is 16.7. The lowest BCUT2D eigenvalue weighted by Gasteiger charge is -2.15. The van der Waals surface area contributed by atoms with Crippen LogP contribution < -0.4 is 0 Å². The fourth-order valence-corrected chi connectivity index (χ4v) is 1.37. The molecule has 0 fully saturated rings. The van der Waals surface area contributed by atoms with Crippen LogP contribution in [0.25, 0.3) is 0 Å². The second kappa shape index (κ2) is 4.94. The number of aryl methyl sites for hydroxylation is 2. The van der Waals surface area contributed by atoms with Crippen LogP contribution in [0.1, 0.15) is 28.4 Å². The lowest BCUT2D eigenvalue weighted by molar-refractivity contribution is -0.0757. The van der Waals surface area contributed by atoms with E-state index in [2.05, 4.69) is 6.92 Å². The van der Waals surface area contributed by atoms with Crippen LogP contribution in [0.5, 0.6) is 0 Å². The zero-order valence-corrected chi connectivity index (χ0v) is 9.70. The topological polar surface area (TPSA) is 29.5 Å². The zero-order valence-electron chi connectivity index (χ0n) is 9.70. The summed E-state index contributed by atoms with van der Waals surface area (Å²) in [7, 11) is 3.09. The van der Waals surface area contributed by atoms with Gasteiger partial charge >= 0.3 is 0 Å². The van der Waals surface area contributed by atoms with Crippen molar-refractivity contribution in [1.82, 2.24) is 5.06 Å². The molecule has 82 valence electrons. The Labute approximate surface area is 90.6 Å². The quantitative estimate of drug-likeness (QED) is 0.711. The molecule has 0 heterocycles. The third-order valence-corrected chi connectivity index (χ3v) is 2.50. The summed E-state index contributed by atoms with van der Waals surface area (Å²) in [6, 6.07) is 5.93. The van der Waals surface area contributed by atoms with Gasteiger partial charge in [0.05, 0.1) is 7.11 Å². The number of hydrogen-bond acceptors (Lipinski definition) is 2. The summed E-state index contributed by atoms with van der Waals surface area (Å²) >= 11 is 0. The molecule has 0 spiro atoms. The van der Waals surface area contributed by atoms with Crippen molar-refractivity contribution in [2.24, 2.45) is 0 Å². The molecule has 1 aromatic carbocycles. The number of carbonyl (C=O) groups excluding carboxylic acids is 1. The Kier molecular flexibility index (Phi) is 3.86. The first-order chi connectivity index (χ1) is 7.10. The second-order valence-electron chi connectivity index (χ2n) is 3.49. The largest absolute Gasteiger partial charge is 0.277 e. The van der Waals surface area contributed by atoms with Gasteiger partial charge in [-0.2, -0.15) is 0 Å². The molecule has 0 aromatic heterocycles. The minimum absolute atomic E-state index is 0.106. The second-order valence-corrected chi connectivity index (χ2v) is 3.49. The van der Waals surface area contributed by atoms with Crippen LogP contribution in [0.2, 0.25) is 0 Å². The van der Waals surface area contributed by atoms with Gasteiger partial charge in [0.2, 0.25) is 0 Å². The number of benzene rings is 1. The maximum Gasteiger partial charge on any atom is 0.277 e. The smallest absolute Gasteiger partial charge is 0.274 e. The van der Waals surface area contributed by atoms with E-state index in [9.17, 15) is 4.79 Å². The molecule has 0 aliphatic rings. The summed E-state index contributed by atoms with van der Waals surface area (Å²) in [6.07, 6.45) is 0.928. The lowest BCUT2D eigenvalue weighted by atomic mass is 10.0. The molecule has 0 aliphatic heterocycles. The maximum atomic E-state index is 11.9. The van der Waals surface area contributed by atoms with Gasteiger partial charge in [0, 0.05) is 12.6 Å². The summed E-state index contributed by atoms with van der Waals surface area (Å²) < 4.78 is 0. The average Bonchev–Trinajstić information content (AvgIpc) is 2.27. The Hall–Kier alpha value is -1.35. The standard InChI is InChI=1S/C12H17NO2/c1-5-10-7-6-9(2)11(8-10)12(14)13(3)15-4/h6-8H,5H2,1-4H3. The first-order valence-electron chi connectivity index (χ1n) is 5.01. The Morgan fingerprint density at radius 2 is 2.13 bits per heavy atom. The van der Waals surface area contributed by atoms with Crippen molar-refractivity contribution >= 4 is 5.91 Å². The van der Waals surface area contributed by atoms with Gasteiger partial charge < -0.3 is 0 Å². The van der Waals surface area contributed by atoms with Gasteiger partial charge in [-0.1, -0.05) is 19.1 Å². The normalized spacial score (nSPS) is 10.1. The highest BCUT2D eigenvalue weighted by molar-refractivity contribution is 5.95. The minimum Gasteiger partial charge on any atom is -0.274 e. The third-order valence-electron chi connectivity index (χ3n) is 2.50. The molecule has 0 unspecified atom stereocenters. The van der Waals surface area contributed by atoms with Crippen LogP contribution in [-0.2, 0) is 11.3 Å². The molecule has 15 heavy (non-hydrogen) atoms. The van der Waals surface area contributed by atoms with Crippen LogP contribution >= 0.6 is 0 Å². The van der Waals surface area contributed by atoms with Crippen molar-refractivity contribution in [2.45, 2.75) is 20.3 Å². The molecule has 0 saturated heterocycles. The van der Waals surface area contributed by atoms with E-state index in [4.69, 9.17) is 4.84 Å². The fourth-order valence-electron chi connectivity index (χ4n) is 1.37. The van der Waals surface area contributed by atoms with Gasteiger partial charge in [-0.05, 0) is 30.5 Å². The van der Waals surface area contributed by atoms with E-state index in [1.54, 1.807) is 7.05 Å². The third kappa shape index (κ3) is 2.57. The van der Waals surface area contributed by atoms with Crippen LogP contribution in [0, 0.1) is 6.92 Å². The molecule has 3 nitrogen and oxygen atoms in total. The van der Waals surface area contributed by atoms with Crippen molar-refractivity contribution in [2.75, 3.05) is 14.2 Å². The van der Waals surface area contributed by atoms with Crippen molar-refractivity contribution in [3.63, 3.8) is 0 Å². The predicted octanol–water partition coefficient (Wildman–Crippen LogP) is 2.19. The minimum atomic E-state index is -0.106. The van der Waals surface area contributed by atoms with Gasteiger partial charge in [-0.25, -0.2) is 5.06 Å². The summed E-state index contributed by atoms with van der Waals surface area (Å²) in [6.45, 7) is 4.00. The summed E-state index contributed by atoms with van der Waals surface area (Å²) in [4.78, 5) is 16.7. The Bertz CT molecular complexity index is 361. The molecule has 0 saturated carbocycles. The zero-order chi connectivity index (χ0) is 11.4. The molecule has 1 amide bonds. The number of amides is 1. The molecule has 0 N–H and O–H groups in total. The Balaban J connectivity index is 3.07. The van der Waals surface area contributed by atoms with Gasteiger partial charge in [-0.3, -0.25) is 9.63 Å². The van der Waals surface area contributed by atoms with Crippen molar-refractivity contribution in [1.29, 1.82) is 0 Å². The van der Waals surface area contributed by atoms with Gasteiger partial charge in [-0.15, -0.1) is 0 Å². The first-order valence-corrected chi connectivity index (χ1v) is 5.01. The molecule has 1 aromatic rings. The van der Waals surface area contributed by atoms with Crippen LogP contribution in [-0.4, -0.2) is 25.1 Å². The van der Waals surface area contributed by atoms with E-state index in [-0.39, 0.29) is 5.91 Å². The lowest BCUT2D eigenvalue weighted by Crippen LogP contribution is -2.26. The number of carbonyl (C=O) groups is 1. The summed E-state index contributed by atoms with van der Waals surface area (Å²) in [5, 5.41) is 1.24. The summed E-state index contributed by atoms with van der Waals surface area (Å²) in [5.41, 5.74) is 2.84. The van der Waals surface area contributed by atoms with E-state index >= 15 is 0 Å². The SMILES string of the molecule is CCc1ccc(C)c(C(=O)N(C)OC)c1. The fraction of sp³-hybridized carbons (Fsp3) is 0.417. The Morgan fingerprint density at radius 1 is 1.47 bits per heavy atom. The van der Waals surface area contributed by atoms with Crippen LogP contribution in [0.4, 0.5) is 0 Å². The maximum absolute atomic E-state index is 11.9.